The Bertz CT molecular complexity index is 1070. The third kappa shape index (κ3) is 4.82. The number of rotatable bonds is 4. The molecule has 1 aromatic heterocycles. The van der Waals surface area contributed by atoms with Crippen molar-refractivity contribution in [1.29, 1.82) is 0 Å². The van der Waals surface area contributed by atoms with E-state index in [1.165, 1.54) is 18.2 Å². The highest BCUT2D eigenvalue weighted by Crippen LogP contribution is 2.29. The molecule has 0 aliphatic carbocycles. The molecule has 6 nitrogen and oxygen atoms in total. The number of fused-ring (bicyclic) bond motifs is 1. The summed E-state index contributed by atoms with van der Waals surface area (Å²) in [4.78, 5) is 20.2. The summed E-state index contributed by atoms with van der Waals surface area (Å²) in [6.07, 6.45) is -4.69. The largest absolute Gasteiger partial charge is 0.449 e. The number of ether oxygens (including phenoxy) is 1. The SMILES string of the molecule is O=C(CN1CCOC(c2cccc(Br)c2)C1)Nc1ccc2nc(C(F)(F)F)[nH]c2c1. The van der Waals surface area contributed by atoms with Crippen molar-refractivity contribution in [2.45, 2.75) is 12.3 Å². The molecule has 3 aromatic rings. The van der Waals surface area contributed by atoms with Crippen LogP contribution in [0.4, 0.5) is 18.9 Å². The van der Waals surface area contributed by atoms with E-state index >= 15 is 0 Å². The molecule has 0 bridgehead atoms. The van der Waals surface area contributed by atoms with Gasteiger partial charge in [0.05, 0.1) is 30.3 Å². The molecule has 1 unspecified atom stereocenters. The number of anilines is 1. The van der Waals surface area contributed by atoms with Gasteiger partial charge in [0.2, 0.25) is 11.7 Å². The molecule has 2 N–H and O–H groups in total. The topological polar surface area (TPSA) is 70.2 Å². The number of benzene rings is 2. The van der Waals surface area contributed by atoms with Crippen LogP contribution in [0, 0.1) is 0 Å². The maximum atomic E-state index is 12.8. The summed E-state index contributed by atoms with van der Waals surface area (Å²) >= 11 is 3.45. The number of carbonyl (C=O) groups excluding carboxylic acids is 1. The zero-order chi connectivity index (χ0) is 21.3. The third-order valence-corrected chi connectivity index (χ3v) is 5.27. The van der Waals surface area contributed by atoms with Crippen LogP contribution in [0.15, 0.2) is 46.9 Å². The number of H-pyrrole nitrogens is 1. The molecule has 30 heavy (non-hydrogen) atoms. The lowest BCUT2D eigenvalue weighted by Crippen LogP contribution is -2.42. The first-order valence-electron chi connectivity index (χ1n) is 9.24. The highest BCUT2D eigenvalue weighted by molar-refractivity contribution is 9.10. The molecule has 2 heterocycles. The van der Waals surface area contributed by atoms with E-state index in [1.54, 1.807) is 0 Å². The number of nitrogens with one attached hydrogen (secondary N) is 2. The molecule has 1 atom stereocenters. The minimum atomic E-state index is -4.55. The zero-order valence-corrected chi connectivity index (χ0v) is 17.3. The van der Waals surface area contributed by atoms with E-state index in [4.69, 9.17) is 4.74 Å². The van der Waals surface area contributed by atoms with Crippen molar-refractivity contribution in [2.75, 3.05) is 31.6 Å². The van der Waals surface area contributed by atoms with Gasteiger partial charge in [0, 0.05) is 23.2 Å². The molecule has 10 heteroatoms. The summed E-state index contributed by atoms with van der Waals surface area (Å²) in [5, 5.41) is 2.74. The molecule has 1 amide bonds. The maximum absolute atomic E-state index is 12.8. The van der Waals surface area contributed by atoms with Gasteiger partial charge in [-0.1, -0.05) is 28.1 Å². The number of imidazole rings is 1. The van der Waals surface area contributed by atoms with Gasteiger partial charge in [-0.15, -0.1) is 0 Å². The summed E-state index contributed by atoms with van der Waals surface area (Å²) in [5.74, 6) is -1.31. The number of hydrogen-bond donors (Lipinski definition) is 2. The Hall–Kier alpha value is -2.43. The van der Waals surface area contributed by atoms with Crippen molar-refractivity contribution in [3.05, 3.63) is 58.3 Å². The number of nitrogens with zero attached hydrogens (tertiary/aromatic N) is 2. The second kappa shape index (κ2) is 8.37. The van der Waals surface area contributed by atoms with E-state index in [-0.39, 0.29) is 29.6 Å². The lowest BCUT2D eigenvalue weighted by Gasteiger charge is -2.32. The van der Waals surface area contributed by atoms with Crippen LogP contribution < -0.4 is 5.32 Å². The second-order valence-electron chi connectivity index (χ2n) is 7.01. The van der Waals surface area contributed by atoms with Crippen LogP contribution in [0.3, 0.4) is 0 Å². The normalized spacial score (nSPS) is 17.9. The highest BCUT2D eigenvalue weighted by atomic mass is 79.9. The molecule has 1 saturated heterocycles. The van der Waals surface area contributed by atoms with E-state index in [0.29, 0.717) is 25.4 Å². The summed E-state index contributed by atoms with van der Waals surface area (Å²) in [7, 11) is 0. The molecule has 1 fully saturated rings. The fourth-order valence-electron chi connectivity index (χ4n) is 3.38. The molecule has 1 aliphatic rings. The molecule has 1 aliphatic heterocycles. The van der Waals surface area contributed by atoms with Crippen LogP contribution >= 0.6 is 15.9 Å². The Morgan fingerprint density at radius 3 is 2.90 bits per heavy atom. The maximum Gasteiger partial charge on any atom is 0.449 e. The van der Waals surface area contributed by atoms with Crippen LogP contribution in [0.1, 0.15) is 17.5 Å². The summed E-state index contributed by atoms with van der Waals surface area (Å²) in [5.41, 5.74) is 1.83. The average molecular weight is 483 g/mol. The number of hydrogen-bond acceptors (Lipinski definition) is 4. The monoisotopic (exact) mass is 482 g/mol. The first-order valence-corrected chi connectivity index (χ1v) is 10.0. The van der Waals surface area contributed by atoms with Crippen molar-refractivity contribution in [1.82, 2.24) is 14.9 Å². The highest BCUT2D eigenvalue weighted by Gasteiger charge is 2.34. The summed E-state index contributed by atoms with van der Waals surface area (Å²) in [6, 6.07) is 12.3. The van der Waals surface area contributed by atoms with E-state index in [9.17, 15) is 18.0 Å². The van der Waals surface area contributed by atoms with Gasteiger partial charge < -0.3 is 15.0 Å². The van der Waals surface area contributed by atoms with Gasteiger partial charge >= 0.3 is 6.18 Å². The molecule has 2 aromatic carbocycles. The van der Waals surface area contributed by atoms with Gasteiger partial charge in [-0.2, -0.15) is 13.2 Å². The fraction of sp³-hybridized carbons (Fsp3) is 0.300. The lowest BCUT2D eigenvalue weighted by molar-refractivity contribution is -0.144. The molecule has 0 radical (unpaired) electrons. The van der Waals surface area contributed by atoms with Crippen molar-refractivity contribution < 1.29 is 22.7 Å². The number of carbonyl (C=O) groups is 1. The first kappa shape index (κ1) is 20.8. The molecular weight excluding hydrogens is 465 g/mol. The van der Waals surface area contributed by atoms with Gasteiger partial charge in [-0.25, -0.2) is 4.98 Å². The quantitative estimate of drug-likeness (QED) is 0.579. The first-order chi connectivity index (χ1) is 14.3. The second-order valence-corrected chi connectivity index (χ2v) is 7.93. The summed E-state index contributed by atoms with van der Waals surface area (Å²) < 4.78 is 45.2. The predicted octanol–water partition coefficient (Wildman–Crippen LogP) is 4.36. The van der Waals surface area contributed by atoms with E-state index in [1.807, 2.05) is 29.2 Å². The molecule has 4 rings (SSSR count). The van der Waals surface area contributed by atoms with Gasteiger partial charge in [0.1, 0.15) is 0 Å². The minimum absolute atomic E-state index is 0.133. The van der Waals surface area contributed by atoms with Gasteiger partial charge in [-0.05, 0) is 35.9 Å². The minimum Gasteiger partial charge on any atom is -0.371 e. The van der Waals surface area contributed by atoms with Crippen LogP contribution in [-0.2, 0) is 15.7 Å². The fourth-order valence-corrected chi connectivity index (χ4v) is 3.80. The van der Waals surface area contributed by atoms with E-state index in [0.717, 1.165) is 10.0 Å². The molecule has 0 saturated carbocycles. The Labute approximate surface area is 178 Å². The van der Waals surface area contributed by atoms with Crippen LogP contribution in [0.5, 0.6) is 0 Å². The van der Waals surface area contributed by atoms with Crippen LogP contribution in [0.2, 0.25) is 0 Å². The van der Waals surface area contributed by atoms with Crippen molar-refractivity contribution in [3.63, 3.8) is 0 Å². The molecule has 0 spiro atoms. The molecule has 158 valence electrons. The Morgan fingerprint density at radius 1 is 1.30 bits per heavy atom. The lowest BCUT2D eigenvalue weighted by atomic mass is 10.1. The number of aromatic nitrogens is 2. The van der Waals surface area contributed by atoms with Crippen LogP contribution in [-0.4, -0.2) is 47.0 Å². The van der Waals surface area contributed by atoms with Gasteiger partial charge in [-0.3, -0.25) is 9.69 Å². The Balaban J connectivity index is 1.39. The van der Waals surface area contributed by atoms with E-state index < -0.39 is 12.0 Å². The van der Waals surface area contributed by atoms with Crippen molar-refractivity contribution in [2.24, 2.45) is 0 Å². The predicted molar refractivity (Wildman–Crippen MR) is 109 cm³/mol. The zero-order valence-electron chi connectivity index (χ0n) is 15.7. The van der Waals surface area contributed by atoms with E-state index in [2.05, 4.69) is 31.2 Å². The smallest absolute Gasteiger partial charge is 0.371 e. The number of halogens is 4. The molecular formula is C20H18BrF3N4O2. The van der Waals surface area contributed by atoms with Gasteiger partial charge in [0.15, 0.2) is 0 Å². The number of amides is 1. The standard InChI is InChI=1S/C20H18BrF3N4O2/c21-13-3-1-2-12(8-13)17-10-28(6-7-30-17)11-18(29)25-14-4-5-15-16(9-14)27-19(26-15)20(22,23)24/h1-5,8-9,17H,6-7,10-11H2,(H,25,29)(H,26,27). The number of alkyl halides is 3. The van der Waals surface area contributed by atoms with Crippen molar-refractivity contribution in [3.8, 4) is 0 Å². The number of aromatic amines is 1. The van der Waals surface area contributed by atoms with Gasteiger partial charge in [0.25, 0.3) is 0 Å². The third-order valence-electron chi connectivity index (χ3n) is 4.77. The summed E-state index contributed by atoms with van der Waals surface area (Å²) in [6.45, 7) is 1.85. The average Bonchev–Trinajstić information content (AvgIpc) is 3.12. The van der Waals surface area contributed by atoms with Crippen LogP contribution in [0.25, 0.3) is 11.0 Å². The number of morpholine rings is 1. The van der Waals surface area contributed by atoms with Crippen molar-refractivity contribution >= 4 is 38.6 Å². The Morgan fingerprint density at radius 2 is 2.13 bits per heavy atom. The Kier molecular flexibility index (Phi) is 5.81.